The summed E-state index contributed by atoms with van der Waals surface area (Å²) in [6.07, 6.45) is 3.87. The van der Waals surface area contributed by atoms with Crippen LogP contribution < -0.4 is 5.32 Å². The fraction of sp³-hybridized carbons (Fsp3) is 0.500. The standard InChI is InChI=1S/C14H18INO2/c15-12-6-3-5-10(8-12)14(18)16-9-11-4-1-2-7-13(11)17/h3,5-6,8,11,13,17H,1-2,4,7,9H2,(H,16,18). The molecule has 1 aromatic carbocycles. The second-order valence-corrected chi connectivity index (χ2v) is 6.08. The number of rotatable bonds is 3. The predicted molar refractivity (Wildman–Crippen MR) is 79.5 cm³/mol. The zero-order valence-electron chi connectivity index (χ0n) is 10.2. The van der Waals surface area contributed by atoms with E-state index in [1.165, 1.54) is 0 Å². The Bertz CT molecular complexity index is 422. The lowest BCUT2D eigenvalue weighted by molar-refractivity contribution is 0.0663. The monoisotopic (exact) mass is 359 g/mol. The summed E-state index contributed by atoms with van der Waals surface area (Å²) in [5, 5.41) is 12.8. The Morgan fingerprint density at radius 3 is 2.89 bits per heavy atom. The predicted octanol–water partition coefficient (Wildman–Crippen LogP) is 2.57. The normalized spacial score (nSPS) is 23.7. The number of halogens is 1. The third-order valence-corrected chi connectivity index (χ3v) is 4.15. The Morgan fingerprint density at radius 2 is 2.17 bits per heavy atom. The van der Waals surface area contributed by atoms with E-state index in [2.05, 4.69) is 27.9 Å². The number of carbonyl (C=O) groups excluding carboxylic acids is 1. The van der Waals surface area contributed by atoms with Gasteiger partial charge in [0.25, 0.3) is 5.91 Å². The van der Waals surface area contributed by atoms with Crippen molar-refractivity contribution in [2.75, 3.05) is 6.54 Å². The van der Waals surface area contributed by atoms with Crippen LogP contribution in [0.4, 0.5) is 0 Å². The summed E-state index contributed by atoms with van der Waals surface area (Å²) in [6.45, 7) is 0.575. The summed E-state index contributed by atoms with van der Waals surface area (Å²) >= 11 is 2.19. The van der Waals surface area contributed by atoms with Gasteiger partial charge in [0.05, 0.1) is 6.10 Å². The molecule has 2 unspecified atom stereocenters. The third kappa shape index (κ3) is 3.68. The van der Waals surface area contributed by atoms with Crippen molar-refractivity contribution in [2.45, 2.75) is 31.8 Å². The largest absolute Gasteiger partial charge is 0.393 e. The van der Waals surface area contributed by atoms with Gasteiger partial charge in [0.1, 0.15) is 0 Å². The summed E-state index contributed by atoms with van der Waals surface area (Å²) in [5.41, 5.74) is 0.687. The van der Waals surface area contributed by atoms with E-state index in [0.717, 1.165) is 29.3 Å². The summed E-state index contributed by atoms with van der Waals surface area (Å²) in [7, 11) is 0. The summed E-state index contributed by atoms with van der Waals surface area (Å²) in [5.74, 6) is 0.164. The first-order valence-electron chi connectivity index (χ1n) is 6.38. The minimum absolute atomic E-state index is 0.0497. The second kappa shape index (κ2) is 6.52. The molecule has 0 aromatic heterocycles. The Labute approximate surface area is 121 Å². The minimum atomic E-state index is -0.255. The Morgan fingerprint density at radius 1 is 1.39 bits per heavy atom. The zero-order chi connectivity index (χ0) is 13.0. The van der Waals surface area contributed by atoms with Crippen molar-refractivity contribution >= 4 is 28.5 Å². The molecule has 0 spiro atoms. The van der Waals surface area contributed by atoms with E-state index in [0.29, 0.717) is 12.1 Å². The molecule has 0 radical (unpaired) electrons. The van der Waals surface area contributed by atoms with E-state index in [9.17, 15) is 9.90 Å². The van der Waals surface area contributed by atoms with Crippen LogP contribution in [0.5, 0.6) is 0 Å². The Kier molecular flexibility index (Phi) is 5.00. The van der Waals surface area contributed by atoms with Crippen LogP contribution in [0.3, 0.4) is 0 Å². The maximum absolute atomic E-state index is 12.0. The smallest absolute Gasteiger partial charge is 0.251 e. The van der Waals surface area contributed by atoms with Crippen molar-refractivity contribution < 1.29 is 9.90 Å². The number of hydrogen-bond donors (Lipinski definition) is 2. The molecule has 2 N–H and O–H groups in total. The molecule has 18 heavy (non-hydrogen) atoms. The number of aliphatic hydroxyl groups is 1. The quantitative estimate of drug-likeness (QED) is 0.815. The molecule has 1 amide bonds. The summed E-state index contributed by atoms with van der Waals surface area (Å²) < 4.78 is 1.05. The minimum Gasteiger partial charge on any atom is -0.393 e. The van der Waals surface area contributed by atoms with Gasteiger partial charge in [-0.05, 0) is 53.6 Å². The second-order valence-electron chi connectivity index (χ2n) is 4.83. The number of carbonyl (C=O) groups is 1. The molecule has 3 nitrogen and oxygen atoms in total. The molecule has 2 rings (SSSR count). The van der Waals surface area contributed by atoms with Crippen LogP contribution in [0, 0.1) is 9.49 Å². The molecule has 98 valence electrons. The van der Waals surface area contributed by atoms with E-state index in [4.69, 9.17) is 0 Å². The fourth-order valence-electron chi connectivity index (χ4n) is 2.38. The maximum atomic E-state index is 12.0. The first-order valence-corrected chi connectivity index (χ1v) is 7.46. The van der Waals surface area contributed by atoms with E-state index in [-0.39, 0.29) is 17.9 Å². The lowest BCUT2D eigenvalue weighted by Gasteiger charge is -2.27. The van der Waals surface area contributed by atoms with Gasteiger partial charge >= 0.3 is 0 Å². The van der Waals surface area contributed by atoms with E-state index >= 15 is 0 Å². The van der Waals surface area contributed by atoms with Crippen LogP contribution >= 0.6 is 22.6 Å². The molecule has 0 saturated heterocycles. The highest BCUT2D eigenvalue weighted by molar-refractivity contribution is 14.1. The lowest BCUT2D eigenvalue weighted by Crippen LogP contribution is -2.36. The molecule has 1 fully saturated rings. The van der Waals surface area contributed by atoms with Gasteiger partial charge in [-0.15, -0.1) is 0 Å². The van der Waals surface area contributed by atoms with Crippen molar-refractivity contribution in [3.8, 4) is 0 Å². The van der Waals surface area contributed by atoms with Crippen LogP contribution in [0.15, 0.2) is 24.3 Å². The molecule has 1 aliphatic rings. The van der Waals surface area contributed by atoms with Crippen molar-refractivity contribution in [1.82, 2.24) is 5.32 Å². The highest BCUT2D eigenvalue weighted by Crippen LogP contribution is 2.23. The van der Waals surface area contributed by atoms with Gasteiger partial charge in [0, 0.05) is 21.6 Å². The first kappa shape index (κ1) is 13.8. The highest BCUT2D eigenvalue weighted by atomic mass is 127. The van der Waals surface area contributed by atoms with Gasteiger partial charge in [-0.25, -0.2) is 0 Å². The van der Waals surface area contributed by atoms with Gasteiger partial charge < -0.3 is 10.4 Å². The average Bonchev–Trinajstić information content (AvgIpc) is 2.37. The number of aliphatic hydroxyl groups excluding tert-OH is 1. The Balaban J connectivity index is 1.88. The molecule has 2 atom stereocenters. The summed E-state index contributed by atoms with van der Waals surface area (Å²) in [6, 6.07) is 7.52. The summed E-state index contributed by atoms with van der Waals surface area (Å²) in [4.78, 5) is 12.0. The van der Waals surface area contributed by atoms with Crippen molar-refractivity contribution in [1.29, 1.82) is 0 Å². The number of benzene rings is 1. The third-order valence-electron chi connectivity index (χ3n) is 3.48. The first-order chi connectivity index (χ1) is 8.66. The number of amides is 1. The van der Waals surface area contributed by atoms with Crippen LogP contribution in [0.2, 0.25) is 0 Å². The van der Waals surface area contributed by atoms with Gasteiger partial charge in [0.15, 0.2) is 0 Å². The van der Waals surface area contributed by atoms with Crippen molar-refractivity contribution in [3.63, 3.8) is 0 Å². The average molecular weight is 359 g/mol. The van der Waals surface area contributed by atoms with Crippen LogP contribution in [-0.2, 0) is 0 Å². The lowest BCUT2D eigenvalue weighted by atomic mass is 9.86. The maximum Gasteiger partial charge on any atom is 0.251 e. The fourth-order valence-corrected chi connectivity index (χ4v) is 2.92. The van der Waals surface area contributed by atoms with Crippen LogP contribution in [0.25, 0.3) is 0 Å². The van der Waals surface area contributed by atoms with E-state index in [1.807, 2.05) is 24.3 Å². The molecular formula is C14H18INO2. The van der Waals surface area contributed by atoms with Crippen molar-refractivity contribution in [3.05, 3.63) is 33.4 Å². The van der Waals surface area contributed by atoms with Gasteiger partial charge in [-0.2, -0.15) is 0 Å². The van der Waals surface area contributed by atoms with Gasteiger partial charge in [-0.3, -0.25) is 4.79 Å². The van der Waals surface area contributed by atoms with Gasteiger partial charge in [0.2, 0.25) is 0 Å². The SMILES string of the molecule is O=C(NCC1CCCCC1O)c1cccc(I)c1. The number of hydrogen-bond acceptors (Lipinski definition) is 2. The molecule has 0 aliphatic heterocycles. The molecule has 1 aliphatic carbocycles. The number of nitrogens with one attached hydrogen (secondary N) is 1. The molecule has 0 heterocycles. The zero-order valence-corrected chi connectivity index (χ0v) is 12.4. The molecule has 1 aromatic rings. The molecular weight excluding hydrogens is 341 g/mol. The molecule has 0 bridgehead atoms. The van der Waals surface area contributed by atoms with Crippen molar-refractivity contribution in [2.24, 2.45) is 5.92 Å². The van der Waals surface area contributed by atoms with Gasteiger partial charge in [-0.1, -0.05) is 18.9 Å². The topological polar surface area (TPSA) is 49.3 Å². The van der Waals surface area contributed by atoms with E-state index < -0.39 is 0 Å². The highest BCUT2D eigenvalue weighted by Gasteiger charge is 2.23. The molecule has 1 saturated carbocycles. The van der Waals surface area contributed by atoms with Crippen LogP contribution in [0.1, 0.15) is 36.0 Å². The Hall–Kier alpha value is -0.620. The molecule has 4 heteroatoms. The van der Waals surface area contributed by atoms with Crippen LogP contribution in [-0.4, -0.2) is 23.7 Å². The van der Waals surface area contributed by atoms with E-state index in [1.54, 1.807) is 0 Å².